The largest absolute Gasteiger partial charge is 0.491 e. The van der Waals surface area contributed by atoms with Crippen molar-refractivity contribution in [3.63, 3.8) is 0 Å². The van der Waals surface area contributed by atoms with Crippen molar-refractivity contribution in [2.75, 3.05) is 64.9 Å². The number of nitrogens with one attached hydrogen (secondary N) is 1. The summed E-state index contributed by atoms with van der Waals surface area (Å²) >= 11 is 0. The molecule has 1 aliphatic rings. The Morgan fingerprint density at radius 3 is 2.74 bits per heavy atom. The fraction of sp³-hybridized carbons (Fsp3) is 0.524. The molecule has 1 unspecified atom stereocenters. The molecular formula is C21H32N6O3S. The number of piperazine rings is 1. The van der Waals surface area contributed by atoms with E-state index in [0.29, 0.717) is 47.8 Å². The molecule has 1 aliphatic heterocycles. The summed E-state index contributed by atoms with van der Waals surface area (Å²) in [6, 6.07) is 3.85. The van der Waals surface area contributed by atoms with E-state index in [1.54, 1.807) is 29.1 Å². The number of hydrogen-bond acceptors (Lipinski definition) is 6. The van der Waals surface area contributed by atoms with Crippen LogP contribution in [0.2, 0.25) is 0 Å². The van der Waals surface area contributed by atoms with E-state index >= 15 is 0 Å². The van der Waals surface area contributed by atoms with Crippen LogP contribution in [0.4, 0.5) is 11.4 Å². The average molecular weight is 449 g/mol. The van der Waals surface area contributed by atoms with E-state index in [4.69, 9.17) is 4.74 Å². The maximum Gasteiger partial charge on any atom is 0.236 e. The first-order chi connectivity index (χ1) is 14.5. The minimum absolute atomic E-state index is 0.121. The molecule has 1 N–H and O–H groups in total. The number of nitriles is 1. The number of amides is 1. The van der Waals surface area contributed by atoms with E-state index in [9.17, 15) is 14.3 Å². The van der Waals surface area contributed by atoms with Crippen LogP contribution in [0.5, 0.6) is 5.75 Å². The van der Waals surface area contributed by atoms with E-state index in [2.05, 4.69) is 26.6 Å². The molecule has 1 saturated heterocycles. The van der Waals surface area contributed by atoms with Crippen molar-refractivity contribution in [1.29, 1.82) is 5.26 Å². The molecule has 0 radical (unpaired) electrons. The third kappa shape index (κ3) is 7.15. The van der Waals surface area contributed by atoms with Gasteiger partial charge in [-0.3, -0.25) is 9.69 Å². The zero-order valence-electron chi connectivity index (χ0n) is 19.0. The Labute approximate surface area is 185 Å². The molecule has 1 amide bonds. The van der Waals surface area contributed by atoms with Gasteiger partial charge in [0.15, 0.2) is 0 Å². The second-order valence-corrected chi connectivity index (χ2v) is 10.2. The Bertz CT molecular complexity index is 982. The Morgan fingerprint density at radius 2 is 2.16 bits per heavy atom. The highest BCUT2D eigenvalue weighted by molar-refractivity contribution is 8.00. The number of ether oxygens (including phenoxy) is 1. The van der Waals surface area contributed by atoms with Crippen LogP contribution in [-0.4, -0.2) is 97.2 Å². The van der Waals surface area contributed by atoms with Crippen LogP contribution in [0.3, 0.4) is 0 Å². The van der Waals surface area contributed by atoms with Gasteiger partial charge >= 0.3 is 0 Å². The molecule has 1 heterocycles. The predicted molar refractivity (Wildman–Crippen MR) is 127 cm³/mol. The number of benzene rings is 1. The second kappa shape index (κ2) is 10.5. The Morgan fingerprint density at radius 1 is 1.45 bits per heavy atom. The van der Waals surface area contributed by atoms with Gasteiger partial charge < -0.3 is 19.3 Å². The highest BCUT2D eigenvalue weighted by Crippen LogP contribution is 2.38. The van der Waals surface area contributed by atoms with Gasteiger partial charge in [-0.25, -0.2) is 9.20 Å². The lowest BCUT2D eigenvalue weighted by molar-refractivity contribution is -0.134. The van der Waals surface area contributed by atoms with Gasteiger partial charge in [-0.2, -0.15) is 5.26 Å². The summed E-state index contributed by atoms with van der Waals surface area (Å²) in [4.78, 5) is 21.8. The van der Waals surface area contributed by atoms with Gasteiger partial charge in [0.1, 0.15) is 11.8 Å². The van der Waals surface area contributed by atoms with Crippen molar-refractivity contribution in [3.8, 4) is 11.8 Å². The molecule has 1 aromatic rings. The van der Waals surface area contributed by atoms with Crippen LogP contribution >= 0.6 is 0 Å². The zero-order valence-corrected chi connectivity index (χ0v) is 19.8. The molecule has 9 nitrogen and oxygen atoms in total. The van der Waals surface area contributed by atoms with Gasteiger partial charge in [-0.05, 0) is 25.3 Å². The lowest BCUT2D eigenvalue weighted by Gasteiger charge is -2.31. The summed E-state index contributed by atoms with van der Waals surface area (Å²) in [6.07, 6.45) is 3.81. The molecular weight excluding hydrogens is 416 g/mol. The topological polar surface area (TPSA) is 101 Å². The molecule has 1 aromatic carbocycles. The second-order valence-electron chi connectivity index (χ2n) is 7.99. The standard InChI is InChI=1S/C21H32N6O3S/c1-16-17(13-22)18(23-15-25(2)3)12-19(24-31(5,6)29)21(16)30-11-7-8-27-10-9-26(4)20(28)14-27/h12,15H,5,7-11,14H2,1-4,6H3,(H,24,29). The zero-order chi connectivity index (χ0) is 23.2. The van der Waals surface area contributed by atoms with Gasteiger partial charge in [0, 0.05) is 62.3 Å². The molecule has 0 spiro atoms. The summed E-state index contributed by atoms with van der Waals surface area (Å²) < 4.78 is 21.2. The van der Waals surface area contributed by atoms with Crippen LogP contribution in [0.1, 0.15) is 17.5 Å². The van der Waals surface area contributed by atoms with Crippen molar-refractivity contribution in [3.05, 3.63) is 17.2 Å². The molecule has 0 aromatic heterocycles. The van der Waals surface area contributed by atoms with Crippen LogP contribution in [0.25, 0.3) is 0 Å². The molecule has 0 saturated carbocycles. The smallest absolute Gasteiger partial charge is 0.236 e. The van der Waals surface area contributed by atoms with Crippen molar-refractivity contribution >= 4 is 39.2 Å². The van der Waals surface area contributed by atoms with Crippen molar-refractivity contribution in [2.24, 2.45) is 4.99 Å². The number of nitrogens with zero attached hydrogens (tertiary/aromatic N) is 5. The van der Waals surface area contributed by atoms with Gasteiger partial charge in [0.05, 0.1) is 36.4 Å². The highest BCUT2D eigenvalue weighted by Gasteiger charge is 2.21. The number of carbonyl (C=O) groups excluding carboxylic acids is 1. The summed E-state index contributed by atoms with van der Waals surface area (Å²) in [5.74, 6) is 4.25. The number of rotatable bonds is 9. The Kier molecular flexibility index (Phi) is 8.30. The van der Waals surface area contributed by atoms with Crippen LogP contribution < -0.4 is 9.46 Å². The first kappa shape index (κ1) is 24.5. The molecule has 2 rings (SSSR count). The molecule has 0 aliphatic carbocycles. The maximum atomic E-state index is 12.3. The predicted octanol–water partition coefficient (Wildman–Crippen LogP) is 1.30. The number of aliphatic imine (C=N–C) groups is 1. The molecule has 0 bridgehead atoms. The molecule has 10 heteroatoms. The first-order valence-corrected chi connectivity index (χ1v) is 12.1. The number of likely N-dealkylation sites (N-methyl/N-ethyl adjacent to an activating group) is 1. The SMILES string of the molecule is C=S(C)(=O)Nc1cc(N=CN(C)C)c(C#N)c(C)c1OCCCN1CCN(C)C(=O)C1. The third-order valence-electron chi connectivity index (χ3n) is 4.76. The summed E-state index contributed by atoms with van der Waals surface area (Å²) in [7, 11) is 2.91. The van der Waals surface area contributed by atoms with Crippen molar-refractivity contribution in [2.45, 2.75) is 13.3 Å². The third-order valence-corrected chi connectivity index (χ3v) is 5.42. The van der Waals surface area contributed by atoms with Gasteiger partial charge in [0.2, 0.25) is 5.91 Å². The molecule has 31 heavy (non-hydrogen) atoms. The first-order valence-electron chi connectivity index (χ1n) is 9.99. The number of carbonyl (C=O) groups is 1. The van der Waals surface area contributed by atoms with Crippen LogP contribution in [0, 0.1) is 18.3 Å². The maximum absolute atomic E-state index is 12.3. The fourth-order valence-corrected chi connectivity index (χ4v) is 3.77. The van der Waals surface area contributed by atoms with Gasteiger partial charge in [0.25, 0.3) is 0 Å². The van der Waals surface area contributed by atoms with Crippen molar-refractivity contribution in [1.82, 2.24) is 14.7 Å². The number of hydrogen-bond donors (Lipinski definition) is 1. The van der Waals surface area contributed by atoms with Gasteiger partial charge in [-0.15, -0.1) is 0 Å². The van der Waals surface area contributed by atoms with Crippen molar-refractivity contribution < 1.29 is 13.7 Å². The molecule has 1 fully saturated rings. The van der Waals surface area contributed by atoms with Gasteiger partial charge in [-0.1, -0.05) is 0 Å². The lowest BCUT2D eigenvalue weighted by atomic mass is 10.1. The minimum Gasteiger partial charge on any atom is -0.491 e. The van der Waals surface area contributed by atoms with E-state index in [1.807, 2.05) is 21.1 Å². The summed E-state index contributed by atoms with van der Waals surface area (Å²) in [5, 5.41) is 9.68. The minimum atomic E-state index is -2.57. The van der Waals surface area contributed by atoms with Crippen LogP contribution in [-0.2, 0) is 14.5 Å². The fourth-order valence-electron chi connectivity index (χ4n) is 3.16. The summed E-state index contributed by atoms with van der Waals surface area (Å²) in [6.45, 7) is 4.89. The van der Waals surface area contributed by atoms with Crippen LogP contribution in [0.15, 0.2) is 11.1 Å². The molecule has 170 valence electrons. The van der Waals surface area contributed by atoms with E-state index in [0.717, 1.165) is 19.6 Å². The molecule has 1 atom stereocenters. The van der Waals surface area contributed by atoms with E-state index in [1.165, 1.54) is 6.26 Å². The summed E-state index contributed by atoms with van der Waals surface area (Å²) in [5.41, 5.74) is 1.97. The monoisotopic (exact) mass is 448 g/mol. The van der Waals surface area contributed by atoms with E-state index in [-0.39, 0.29) is 5.91 Å². The van der Waals surface area contributed by atoms with E-state index < -0.39 is 9.71 Å². The lowest BCUT2D eigenvalue weighted by Crippen LogP contribution is -2.48. The highest BCUT2D eigenvalue weighted by atomic mass is 32.2. The number of anilines is 1. The average Bonchev–Trinajstić information content (AvgIpc) is 2.66. The normalized spacial score (nSPS) is 16.8. The Hall–Kier alpha value is -2.77. The Balaban J connectivity index is 2.20. The quantitative estimate of drug-likeness (QED) is 0.265.